The zero-order valence-corrected chi connectivity index (χ0v) is 9.00. The van der Waals surface area contributed by atoms with Gasteiger partial charge in [0.15, 0.2) is 0 Å². The van der Waals surface area contributed by atoms with Crippen molar-refractivity contribution in [3.05, 3.63) is 0 Å². The zero-order chi connectivity index (χ0) is 9.97. The Morgan fingerprint density at radius 3 is 2.93 bits per heavy atom. The van der Waals surface area contributed by atoms with Crippen LogP contribution in [0, 0.1) is 12.3 Å². The van der Waals surface area contributed by atoms with Gasteiger partial charge in [0, 0.05) is 37.6 Å². The molecule has 0 radical (unpaired) electrons. The van der Waals surface area contributed by atoms with Crippen LogP contribution in [-0.2, 0) is 0 Å². The van der Waals surface area contributed by atoms with Gasteiger partial charge in [0.2, 0.25) is 0 Å². The molecule has 2 aliphatic rings. The minimum atomic E-state index is 0.476. The summed E-state index contributed by atoms with van der Waals surface area (Å²) >= 11 is 0. The third-order valence-electron chi connectivity index (χ3n) is 3.23. The molecule has 0 aromatic rings. The van der Waals surface area contributed by atoms with Crippen LogP contribution < -0.4 is 5.32 Å². The number of rotatable bonds is 4. The lowest BCUT2D eigenvalue weighted by Crippen LogP contribution is -2.38. The Balaban J connectivity index is 1.70. The van der Waals surface area contributed by atoms with Crippen LogP contribution in [0.5, 0.6) is 0 Å². The second kappa shape index (κ2) is 4.33. The van der Waals surface area contributed by atoms with Crippen LogP contribution in [-0.4, -0.2) is 36.1 Å². The molecule has 1 saturated heterocycles. The highest BCUT2D eigenvalue weighted by atomic mass is 15.2. The molecule has 1 saturated carbocycles. The van der Waals surface area contributed by atoms with Crippen molar-refractivity contribution < 1.29 is 0 Å². The van der Waals surface area contributed by atoms with E-state index in [1.807, 2.05) is 0 Å². The molecule has 14 heavy (non-hydrogen) atoms. The van der Waals surface area contributed by atoms with Gasteiger partial charge in [-0.3, -0.25) is 4.90 Å². The van der Waals surface area contributed by atoms with Crippen LogP contribution in [0.1, 0.15) is 32.6 Å². The smallest absolute Gasteiger partial charge is 0.0238 e. The molecule has 2 unspecified atom stereocenters. The molecule has 2 rings (SSSR count). The van der Waals surface area contributed by atoms with Gasteiger partial charge in [-0.2, -0.15) is 0 Å². The van der Waals surface area contributed by atoms with E-state index in [1.165, 1.54) is 32.4 Å². The number of nitrogens with zero attached hydrogens (tertiary/aromatic N) is 1. The lowest BCUT2D eigenvalue weighted by molar-refractivity contribution is 0.313. The average molecular weight is 192 g/mol. The summed E-state index contributed by atoms with van der Waals surface area (Å²) in [5.41, 5.74) is 0. The Bertz CT molecular complexity index is 227. The molecule has 1 heterocycles. The molecule has 2 fully saturated rings. The van der Waals surface area contributed by atoms with E-state index in [4.69, 9.17) is 6.42 Å². The molecule has 1 aliphatic carbocycles. The third-order valence-corrected chi connectivity index (χ3v) is 3.23. The Morgan fingerprint density at radius 1 is 1.50 bits per heavy atom. The van der Waals surface area contributed by atoms with E-state index in [2.05, 4.69) is 23.1 Å². The van der Waals surface area contributed by atoms with Crippen LogP contribution in [0.15, 0.2) is 0 Å². The van der Waals surface area contributed by atoms with Gasteiger partial charge in [0.05, 0.1) is 0 Å². The predicted octanol–water partition coefficient (Wildman–Crippen LogP) is 1.22. The number of hydrogen-bond acceptors (Lipinski definition) is 2. The van der Waals surface area contributed by atoms with Crippen LogP contribution in [0.3, 0.4) is 0 Å². The summed E-state index contributed by atoms with van der Waals surface area (Å²) in [5, 5.41) is 3.61. The van der Waals surface area contributed by atoms with Crippen LogP contribution in [0.4, 0.5) is 0 Å². The third kappa shape index (κ3) is 2.50. The first-order valence-corrected chi connectivity index (χ1v) is 5.73. The van der Waals surface area contributed by atoms with E-state index in [0.717, 1.165) is 12.5 Å². The van der Waals surface area contributed by atoms with Crippen molar-refractivity contribution in [1.82, 2.24) is 10.2 Å². The maximum atomic E-state index is 5.29. The normalized spacial score (nSPS) is 30.1. The van der Waals surface area contributed by atoms with Crippen molar-refractivity contribution in [3.63, 3.8) is 0 Å². The molecule has 0 aromatic heterocycles. The number of likely N-dealkylation sites (tertiary alicyclic amines) is 1. The molecule has 2 nitrogen and oxygen atoms in total. The van der Waals surface area contributed by atoms with Crippen molar-refractivity contribution in [1.29, 1.82) is 0 Å². The van der Waals surface area contributed by atoms with Gasteiger partial charge in [0.1, 0.15) is 0 Å². The minimum absolute atomic E-state index is 0.476. The molecule has 0 amide bonds. The molecular weight excluding hydrogens is 172 g/mol. The lowest BCUT2D eigenvalue weighted by atomic mass is 10.2. The molecule has 0 spiro atoms. The largest absolute Gasteiger partial charge is 0.309 e. The van der Waals surface area contributed by atoms with Crippen molar-refractivity contribution in [2.75, 3.05) is 13.1 Å². The SMILES string of the molecule is C#CCC(C)NC1CCN(C2CC2)C1. The van der Waals surface area contributed by atoms with E-state index in [9.17, 15) is 0 Å². The molecule has 78 valence electrons. The van der Waals surface area contributed by atoms with Crippen molar-refractivity contribution in [2.24, 2.45) is 0 Å². The summed E-state index contributed by atoms with van der Waals surface area (Å²) in [7, 11) is 0. The van der Waals surface area contributed by atoms with Crippen molar-refractivity contribution in [2.45, 2.75) is 50.7 Å². The van der Waals surface area contributed by atoms with Gasteiger partial charge in [0.25, 0.3) is 0 Å². The molecule has 2 heteroatoms. The second-order valence-corrected chi connectivity index (χ2v) is 4.69. The Morgan fingerprint density at radius 2 is 2.29 bits per heavy atom. The molecule has 0 aromatic carbocycles. The van der Waals surface area contributed by atoms with Crippen molar-refractivity contribution >= 4 is 0 Å². The highest BCUT2D eigenvalue weighted by Gasteiger charge is 2.34. The van der Waals surface area contributed by atoms with Crippen molar-refractivity contribution in [3.8, 4) is 12.3 Å². The predicted molar refractivity (Wildman–Crippen MR) is 59.0 cm³/mol. The lowest BCUT2D eigenvalue weighted by Gasteiger charge is -2.18. The van der Waals surface area contributed by atoms with E-state index in [-0.39, 0.29) is 0 Å². The monoisotopic (exact) mass is 192 g/mol. The van der Waals surface area contributed by atoms with Gasteiger partial charge in [-0.05, 0) is 26.2 Å². The number of hydrogen-bond donors (Lipinski definition) is 1. The summed E-state index contributed by atoms with van der Waals surface area (Å²) in [4.78, 5) is 2.63. The molecular formula is C12H20N2. The summed E-state index contributed by atoms with van der Waals surface area (Å²) < 4.78 is 0. The first-order chi connectivity index (χ1) is 6.79. The summed E-state index contributed by atoms with van der Waals surface area (Å²) in [6, 6.07) is 2.08. The molecule has 1 N–H and O–H groups in total. The van der Waals surface area contributed by atoms with Gasteiger partial charge < -0.3 is 5.32 Å². The summed E-state index contributed by atoms with van der Waals surface area (Å²) in [6.45, 7) is 4.70. The van der Waals surface area contributed by atoms with Gasteiger partial charge in [-0.25, -0.2) is 0 Å². The fourth-order valence-electron chi connectivity index (χ4n) is 2.33. The molecule has 1 aliphatic heterocycles. The van der Waals surface area contributed by atoms with E-state index >= 15 is 0 Å². The highest BCUT2D eigenvalue weighted by molar-refractivity contribution is 4.94. The van der Waals surface area contributed by atoms with Gasteiger partial charge in [-0.1, -0.05) is 0 Å². The van der Waals surface area contributed by atoms with Crippen LogP contribution in [0.25, 0.3) is 0 Å². The summed E-state index contributed by atoms with van der Waals surface area (Å²) in [5.74, 6) is 2.71. The minimum Gasteiger partial charge on any atom is -0.309 e. The fourth-order valence-corrected chi connectivity index (χ4v) is 2.33. The first kappa shape index (κ1) is 10.0. The highest BCUT2D eigenvalue weighted by Crippen LogP contribution is 2.29. The van der Waals surface area contributed by atoms with E-state index < -0.39 is 0 Å². The quantitative estimate of drug-likeness (QED) is 0.674. The molecule has 2 atom stereocenters. The van der Waals surface area contributed by atoms with E-state index in [1.54, 1.807) is 0 Å². The zero-order valence-electron chi connectivity index (χ0n) is 9.00. The second-order valence-electron chi connectivity index (χ2n) is 4.69. The van der Waals surface area contributed by atoms with Crippen LogP contribution in [0.2, 0.25) is 0 Å². The number of terminal acetylenes is 1. The maximum absolute atomic E-state index is 5.29. The van der Waals surface area contributed by atoms with Gasteiger partial charge in [-0.15, -0.1) is 12.3 Å². The average Bonchev–Trinajstić information content (AvgIpc) is 2.89. The maximum Gasteiger partial charge on any atom is 0.0238 e. The Hall–Kier alpha value is -0.520. The summed E-state index contributed by atoms with van der Waals surface area (Å²) in [6.07, 6.45) is 10.3. The molecule has 0 bridgehead atoms. The van der Waals surface area contributed by atoms with Gasteiger partial charge >= 0.3 is 0 Å². The Kier molecular flexibility index (Phi) is 3.10. The Labute approximate surface area is 87.1 Å². The topological polar surface area (TPSA) is 15.3 Å². The number of nitrogens with one attached hydrogen (secondary N) is 1. The van der Waals surface area contributed by atoms with E-state index in [0.29, 0.717) is 12.1 Å². The standard InChI is InChI=1S/C12H20N2/c1-3-4-10(2)13-11-7-8-14(9-11)12-5-6-12/h1,10-13H,4-9H2,2H3. The first-order valence-electron chi connectivity index (χ1n) is 5.73. The van der Waals surface area contributed by atoms with Crippen LogP contribution >= 0.6 is 0 Å². The fraction of sp³-hybridized carbons (Fsp3) is 0.833.